The van der Waals surface area contributed by atoms with Crippen LogP contribution in [0.1, 0.15) is 19.8 Å². The lowest BCUT2D eigenvalue weighted by Crippen LogP contribution is -2.34. The molecule has 0 N–H and O–H groups in total. The molecule has 1 fully saturated rings. The molecule has 0 unspecified atom stereocenters. The van der Waals surface area contributed by atoms with Gasteiger partial charge < -0.3 is 19.2 Å². The molecule has 1 atom stereocenters. The van der Waals surface area contributed by atoms with E-state index in [2.05, 4.69) is 0 Å². The van der Waals surface area contributed by atoms with Gasteiger partial charge in [0.25, 0.3) is 0 Å². The lowest BCUT2D eigenvalue weighted by atomic mass is 10.2. The Labute approximate surface area is 112 Å². The summed E-state index contributed by atoms with van der Waals surface area (Å²) in [5.74, 6) is -0.402. The predicted molar refractivity (Wildman–Crippen MR) is 67.4 cm³/mol. The molecule has 1 saturated heterocycles. The van der Waals surface area contributed by atoms with Crippen molar-refractivity contribution in [3.8, 4) is 0 Å². The van der Waals surface area contributed by atoms with Crippen molar-refractivity contribution in [2.75, 3.05) is 26.4 Å². The number of carbonyl (C=O) groups excluding carboxylic acids is 3. The maximum absolute atomic E-state index is 11.5. The molecule has 1 rings (SSSR count). The maximum Gasteiger partial charge on any atom is 0.332 e. The summed E-state index contributed by atoms with van der Waals surface area (Å²) in [7, 11) is 0. The topological polar surface area (TPSA) is 72.9 Å². The molecule has 0 aliphatic carbocycles. The molecular weight excluding hydrogens is 250 g/mol. The molecule has 0 aromatic carbocycles. The molecule has 106 valence electrons. The van der Waals surface area contributed by atoms with Crippen LogP contribution in [0.5, 0.6) is 0 Å². The van der Waals surface area contributed by atoms with E-state index in [4.69, 9.17) is 9.47 Å². The second kappa shape index (κ2) is 8.42. The number of nitrogens with zero attached hydrogens (tertiary/aromatic N) is 1. The summed E-state index contributed by atoms with van der Waals surface area (Å²) in [6, 6.07) is -0.308. The standard InChI is InChI=1S/C13H19NO5/c1-2-19-13(17)10-18-8-4-3-7-14-11(9-15)5-6-12(14)16/h3-4,9,11H,2,5-8,10H2,1H3/t11-/m1/s1. The summed E-state index contributed by atoms with van der Waals surface area (Å²) in [4.78, 5) is 34.7. The van der Waals surface area contributed by atoms with E-state index in [1.807, 2.05) is 0 Å². The normalized spacial score (nSPS) is 19.1. The Morgan fingerprint density at radius 3 is 2.95 bits per heavy atom. The molecule has 0 aromatic heterocycles. The van der Waals surface area contributed by atoms with Crippen molar-refractivity contribution in [1.29, 1.82) is 0 Å². The number of ether oxygens (including phenoxy) is 2. The van der Waals surface area contributed by atoms with Gasteiger partial charge in [-0.2, -0.15) is 0 Å². The Morgan fingerprint density at radius 2 is 2.26 bits per heavy atom. The van der Waals surface area contributed by atoms with Gasteiger partial charge in [-0.05, 0) is 13.3 Å². The van der Waals surface area contributed by atoms with E-state index in [-0.39, 0.29) is 25.2 Å². The average molecular weight is 269 g/mol. The van der Waals surface area contributed by atoms with Gasteiger partial charge in [-0.1, -0.05) is 12.2 Å². The molecular formula is C13H19NO5. The van der Waals surface area contributed by atoms with Gasteiger partial charge in [0, 0.05) is 13.0 Å². The zero-order chi connectivity index (χ0) is 14.1. The van der Waals surface area contributed by atoms with E-state index in [9.17, 15) is 14.4 Å². The third-order valence-corrected chi connectivity index (χ3v) is 2.74. The highest BCUT2D eigenvalue weighted by molar-refractivity contribution is 5.83. The Hall–Kier alpha value is -1.69. The molecule has 0 saturated carbocycles. The summed E-state index contributed by atoms with van der Waals surface area (Å²) in [6.45, 7) is 2.64. The average Bonchev–Trinajstić information content (AvgIpc) is 2.75. The lowest BCUT2D eigenvalue weighted by molar-refractivity contribution is -0.148. The highest BCUT2D eigenvalue weighted by Gasteiger charge is 2.29. The van der Waals surface area contributed by atoms with E-state index >= 15 is 0 Å². The number of carbonyl (C=O) groups is 3. The van der Waals surface area contributed by atoms with E-state index < -0.39 is 5.97 Å². The molecule has 6 heteroatoms. The van der Waals surface area contributed by atoms with Crippen LogP contribution in [-0.4, -0.2) is 55.5 Å². The van der Waals surface area contributed by atoms with E-state index in [1.54, 1.807) is 19.1 Å². The Kier molecular flexibility index (Phi) is 6.81. The predicted octanol–water partition coefficient (Wildman–Crippen LogP) is 0.312. The molecule has 1 amide bonds. The van der Waals surface area contributed by atoms with Crippen molar-refractivity contribution in [2.24, 2.45) is 0 Å². The molecule has 1 aliphatic heterocycles. The third kappa shape index (κ3) is 5.21. The number of likely N-dealkylation sites (tertiary alicyclic amines) is 1. The Balaban J connectivity index is 2.18. The van der Waals surface area contributed by atoms with Crippen molar-refractivity contribution >= 4 is 18.2 Å². The third-order valence-electron chi connectivity index (χ3n) is 2.74. The highest BCUT2D eigenvalue weighted by Crippen LogP contribution is 2.16. The summed E-state index contributed by atoms with van der Waals surface area (Å²) < 4.78 is 9.75. The number of rotatable bonds is 8. The fourth-order valence-electron chi connectivity index (χ4n) is 1.80. The van der Waals surface area contributed by atoms with Crippen LogP contribution in [-0.2, 0) is 23.9 Å². The first kappa shape index (κ1) is 15.4. The Bertz CT molecular complexity index is 353. The largest absolute Gasteiger partial charge is 0.464 e. The van der Waals surface area contributed by atoms with Crippen LogP contribution < -0.4 is 0 Å². The number of esters is 1. The maximum atomic E-state index is 11.5. The summed E-state index contributed by atoms with van der Waals surface area (Å²) in [5, 5.41) is 0. The van der Waals surface area contributed by atoms with Crippen LogP contribution in [0.25, 0.3) is 0 Å². The first-order valence-electron chi connectivity index (χ1n) is 6.32. The Morgan fingerprint density at radius 1 is 1.47 bits per heavy atom. The van der Waals surface area contributed by atoms with Crippen molar-refractivity contribution in [3.63, 3.8) is 0 Å². The van der Waals surface area contributed by atoms with E-state index in [1.165, 1.54) is 4.90 Å². The molecule has 1 aliphatic rings. The fraction of sp³-hybridized carbons (Fsp3) is 0.615. The minimum Gasteiger partial charge on any atom is -0.464 e. The molecule has 0 radical (unpaired) electrons. The van der Waals surface area contributed by atoms with Gasteiger partial charge in [0.15, 0.2) is 0 Å². The molecule has 0 spiro atoms. The van der Waals surface area contributed by atoms with Gasteiger partial charge >= 0.3 is 5.97 Å². The van der Waals surface area contributed by atoms with Crippen molar-refractivity contribution in [2.45, 2.75) is 25.8 Å². The van der Waals surface area contributed by atoms with E-state index in [0.29, 0.717) is 26.0 Å². The second-order valence-corrected chi connectivity index (χ2v) is 4.08. The molecule has 6 nitrogen and oxygen atoms in total. The summed E-state index contributed by atoms with van der Waals surface area (Å²) in [6.07, 6.45) is 5.29. The second-order valence-electron chi connectivity index (χ2n) is 4.08. The van der Waals surface area contributed by atoms with Crippen LogP contribution in [0, 0.1) is 0 Å². The number of hydrogen-bond donors (Lipinski definition) is 0. The van der Waals surface area contributed by atoms with Gasteiger partial charge in [-0.15, -0.1) is 0 Å². The van der Waals surface area contributed by atoms with Crippen LogP contribution in [0.2, 0.25) is 0 Å². The van der Waals surface area contributed by atoms with Crippen molar-refractivity contribution < 1.29 is 23.9 Å². The minimum absolute atomic E-state index is 0.00538. The molecule has 1 heterocycles. The number of amides is 1. The van der Waals surface area contributed by atoms with Crippen LogP contribution in [0.15, 0.2) is 12.2 Å². The van der Waals surface area contributed by atoms with Gasteiger partial charge in [-0.25, -0.2) is 4.79 Å². The smallest absolute Gasteiger partial charge is 0.332 e. The highest BCUT2D eigenvalue weighted by atomic mass is 16.6. The number of hydrogen-bond acceptors (Lipinski definition) is 5. The van der Waals surface area contributed by atoms with E-state index in [0.717, 1.165) is 6.29 Å². The SMILES string of the molecule is CCOC(=O)COCC=CCN1C(=O)CC[C@@H]1C=O. The zero-order valence-electron chi connectivity index (χ0n) is 11.0. The summed E-state index contributed by atoms with van der Waals surface area (Å²) in [5.41, 5.74) is 0. The van der Waals surface area contributed by atoms with Crippen LogP contribution in [0.3, 0.4) is 0 Å². The quantitative estimate of drug-likeness (QED) is 0.274. The first-order chi connectivity index (χ1) is 9.19. The monoisotopic (exact) mass is 269 g/mol. The fourth-order valence-corrected chi connectivity index (χ4v) is 1.80. The van der Waals surface area contributed by atoms with Gasteiger partial charge in [0.05, 0.1) is 19.3 Å². The zero-order valence-corrected chi connectivity index (χ0v) is 11.0. The van der Waals surface area contributed by atoms with Crippen molar-refractivity contribution in [1.82, 2.24) is 4.90 Å². The number of aldehydes is 1. The molecule has 0 aromatic rings. The van der Waals surface area contributed by atoms with Gasteiger partial charge in [-0.3, -0.25) is 4.79 Å². The van der Waals surface area contributed by atoms with Crippen LogP contribution in [0.4, 0.5) is 0 Å². The van der Waals surface area contributed by atoms with Crippen LogP contribution >= 0.6 is 0 Å². The lowest BCUT2D eigenvalue weighted by Gasteiger charge is -2.18. The van der Waals surface area contributed by atoms with Gasteiger partial charge in [0.2, 0.25) is 5.91 Å². The summed E-state index contributed by atoms with van der Waals surface area (Å²) >= 11 is 0. The molecule has 0 bridgehead atoms. The van der Waals surface area contributed by atoms with Gasteiger partial charge in [0.1, 0.15) is 12.9 Å². The van der Waals surface area contributed by atoms with Crippen molar-refractivity contribution in [3.05, 3.63) is 12.2 Å². The minimum atomic E-state index is -0.397. The first-order valence-corrected chi connectivity index (χ1v) is 6.32. The molecule has 19 heavy (non-hydrogen) atoms.